The summed E-state index contributed by atoms with van der Waals surface area (Å²) in [6.45, 7) is 0.783. The van der Waals surface area contributed by atoms with Crippen molar-refractivity contribution in [3.05, 3.63) is 29.8 Å². The Morgan fingerprint density at radius 3 is 2.65 bits per heavy atom. The first kappa shape index (κ1) is 11.1. The summed E-state index contributed by atoms with van der Waals surface area (Å²) >= 11 is 0. The van der Waals surface area contributed by atoms with Crippen LogP contribution in [0.2, 0.25) is 0 Å². The van der Waals surface area contributed by atoms with E-state index in [9.17, 15) is 0 Å². The Hall–Kier alpha value is -1.02. The number of fused-ring (bicyclic) bond motifs is 1. The second-order valence-electron chi connectivity index (χ2n) is 5.42. The van der Waals surface area contributed by atoms with Gasteiger partial charge in [0.1, 0.15) is 0 Å². The molecule has 1 heterocycles. The number of nitrogens with zero attached hydrogens (tertiary/aromatic N) is 1. The topological polar surface area (TPSA) is 29.3 Å². The fraction of sp³-hybridized carbons (Fsp3) is 0.600. The molecule has 1 fully saturated rings. The monoisotopic (exact) mass is 230 g/mol. The first-order valence-electron chi connectivity index (χ1n) is 6.96. The van der Waals surface area contributed by atoms with Gasteiger partial charge in [0.2, 0.25) is 0 Å². The zero-order valence-electron chi connectivity index (χ0n) is 10.4. The number of rotatable bonds is 2. The van der Waals surface area contributed by atoms with Gasteiger partial charge in [-0.15, -0.1) is 0 Å². The summed E-state index contributed by atoms with van der Waals surface area (Å²) in [7, 11) is 0. The Kier molecular flexibility index (Phi) is 3.06. The van der Waals surface area contributed by atoms with Crippen LogP contribution < -0.4 is 10.6 Å². The Labute approximate surface area is 104 Å². The molecule has 17 heavy (non-hydrogen) atoms. The van der Waals surface area contributed by atoms with E-state index in [1.807, 2.05) is 0 Å². The molecular weight excluding hydrogens is 208 g/mol. The molecule has 0 amide bonds. The third-order valence-electron chi connectivity index (χ3n) is 4.36. The minimum absolute atomic E-state index is 0.537. The summed E-state index contributed by atoms with van der Waals surface area (Å²) in [5.74, 6) is 0. The van der Waals surface area contributed by atoms with Gasteiger partial charge in [0.15, 0.2) is 0 Å². The van der Waals surface area contributed by atoms with Crippen molar-refractivity contribution in [2.75, 3.05) is 11.4 Å². The van der Waals surface area contributed by atoms with E-state index in [0.29, 0.717) is 6.04 Å². The van der Waals surface area contributed by atoms with Gasteiger partial charge < -0.3 is 10.6 Å². The van der Waals surface area contributed by atoms with Gasteiger partial charge in [-0.2, -0.15) is 0 Å². The average Bonchev–Trinajstić information content (AvgIpc) is 2.78. The molecule has 92 valence electrons. The first-order valence-corrected chi connectivity index (χ1v) is 6.96. The molecule has 2 nitrogen and oxygen atoms in total. The summed E-state index contributed by atoms with van der Waals surface area (Å²) < 4.78 is 0. The third-order valence-corrected chi connectivity index (χ3v) is 4.36. The minimum Gasteiger partial charge on any atom is -0.364 e. The maximum atomic E-state index is 5.97. The molecule has 1 aromatic rings. The molecule has 1 atom stereocenters. The van der Waals surface area contributed by atoms with Gasteiger partial charge >= 0.3 is 0 Å². The van der Waals surface area contributed by atoms with Crippen LogP contribution in [0.5, 0.6) is 0 Å². The van der Waals surface area contributed by atoms with Crippen LogP contribution in [0.15, 0.2) is 24.3 Å². The van der Waals surface area contributed by atoms with E-state index in [4.69, 9.17) is 5.73 Å². The molecule has 1 aliphatic heterocycles. The molecule has 0 spiro atoms. The van der Waals surface area contributed by atoms with Crippen molar-refractivity contribution in [1.82, 2.24) is 0 Å². The molecule has 1 aromatic carbocycles. The maximum absolute atomic E-state index is 5.97. The van der Waals surface area contributed by atoms with Crippen molar-refractivity contribution < 1.29 is 0 Å². The van der Waals surface area contributed by atoms with Crippen molar-refractivity contribution in [3.63, 3.8) is 0 Å². The molecule has 1 aliphatic carbocycles. The van der Waals surface area contributed by atoms with Crippen LogP contribution in [0.1, 0.15) is 37.7 Å². The highest BCUT2D eigenvalue weighted by molar-refractivity contribution is 5.60. The fourth-order valence-electron chi connectivity index (χ4n) is 3.54. The molecule has 0 radical (unpaired) electrons. The number of benzene rings is 1. The number of anilines is 1. The van der Waals surface area contributed by atoms with E-state index >= 15 is 0 Å². The SMILES string of the molecule is NCC1Cc2ccccc2N1C1CCCCC1. The highest BCUT2D eigenvalue weighted by Crippen LogP contribution is 2.37. The summed E-state index contributed by atoms with van der Waals surface area (Å²) in [5.41, 5.74) is 8.92. The molecule has 2 aliphatic rings. The molecular formula is C15H22N2. The van der Waals surface area contributed by atoms with Crippen LogP contribution in [0.3, 0.4) is 0 Å². The standard InChI is InChI=1S/C15H22N2/c16-11-14-10-12-6-4-5-9-15(12)17(14)13-7-2-1-3-8-13/h4-6,9,13-14H,1-3,7-8,10-11,16H2. The Morgan fingerprint density at radius 1 is 1.12 bits per heavy atom. The summed E-state index contributed by atoms with van der Waals surface area (Å²) in [6.07, 6.45) is 8.04. The summed E-state index contributed by atoms with van der Waals surface area (Å²) in [4.78, 5) is 2.63. The van der Waals surface area contributed by atoms with Gasteiger partial charge in [-0.25, -0.2) is 0 Å². The predicted octanol–water partition coefficient (Wildman–Crippen LogP) is 2.71. The minimum atomic E-state index is 0.537. The second kappa shape index (κ2) is 4.69. The highest BCUT2D eigenvalue weighted by Gasteiger charge is 2.33. The normalized spacial score (nSPS) is 25.0. The first-order chi connectivity index (χ1) is 8.40. The van der Waals surface area contributed by atoms with Gasteiger partial charge in [-0.05, 0) is 30.9 Å². The van der Waals surface area contributed by atoms with Crippen LogP contribution in [-0.4, -0.2) is 18.6 Å². The van der Waals surface area contributed by atoms with E-state index in [0.717, 1.165) is 19.0 Å². The highest BCUT2D eigenvalue weighted by atomic mass is 15.2. The van der Waals surface area contributed by atoms with Crippen LogP contribution in [-0.2, 0) is 6.42 Å². The Bertz CT molecular complexity index is 382. The summed E-state index contributed by atoms with van der Waals surface area (Å²) in [5, 5.41) is 0. The Morgan fingerprint density at radius 2 is 1.88 bits per heavy atom. The quantitative estimate of drug-likeness (QED) is 0.846. The lowest BCUT2D eigenvalue weighted by Gasteiger charge is -2.37. The van der Waals surface area contributed by atoms with Crippen LogP contribution >= 0.6 is 0 Å². The largest absolute Gasteiger partial charge is 0.364 e. The number of para-hydroxylation sites is 1. The van der Waals surface area contributed by atoms with Gasteiger partial charge in [0.25, 0.3) is 0 Å². The van der Waals surface area contributed by atoms with Crippen molar-refractivity contribution in [2.24, 2.45) is 5.73 Å². The van der Waals surface area contributed by atoms with E-state index < -0.39 is 0 Å². The number of hydrogen-bond donors (Lipinski definition) is 1. The molecule has 0 saturated heterocycles. The van der Waals surface area contributed by atoms with Crippen LogP contribution in [0.25, 0.3) is 0 Å². The van der Waals surface area contributed by atoms with Crippen LogP contribution in [0.4, 0.5) is 5.69 Å². The third kappa shape index (κ3) is 1.95. The van der Waals surface area contributed by atoms with Gasteiger partial charge in [-0.3, -0.25) is 0 Å². The lowest BCUT2D eigenvalue weighted by Crippen LogP contribution is -2.45. The molecule has 1 saturated carbocycles. The van der Waals surface area contributed by atoms with Gasteiger partial charge in [-0.1, -0.05) is 37.5 Å². The second-order valence-corrected chi connectivity index (χ2v) is 5.42. The van der Waals surface area contributed by atoms with E-state index in [-0.39, 0.29) is 0 Å². The van der Waals surface area contributed by atoms with Gasteiger partial charge in [0, 0.05) is 24.3 Å². The van der Waals surface area contributed by atoms with E-state index in [1.54, 1.807) is 0 Å². The van der Waals surface area contributed by atoms with Crippen LogP contribution in [0, 0.1) is 0 Å². The Balaban J connectivity index is 1.89. The smallest absolute Gasteiger partial charge is 0.0456 e. The van der Waals surface area contributed by atoms with Crippen molar-refractivity contribution in [1.29, 1.82) is 0 Å². The maximum Gasteiger partial charge on any atom is 0.0456 e. The zero-order valence-corrected chi connectivity index (χ0v) is 10.4. The van der Waals surface area contributed by atoms with Crippen molar-refractivity contribution in [2.45, 2.75) is 50.6 Å². The molecule has 0 aromatic heterocycles. The van der Waals surface area contributed by atoms with Crippen molar-refractivity contribution >= 4 is 5.69 Å². The number of nitrogens with two attached hydrogens (primary N) is 1. The van der Waals surface area contributed by atoms with Crippen molar-refractivity contribution in [3.8, 4) is 0 Å². The lowest BCUT2D eigenvalue weighted by molar-refractivity contribution is 0.395. The molecule has 0 bridgehead atoms. The average molecular weight is 230 g/mol. The zero-order chi connectivity index (χ0) is 11.7. The van der Waals surface area contributed by atoms with Gasteiger partial charge in [0.05, 0.1) is 0 Å². The fourth-order valence-corrected chi connectivity index (χ4v) is 3.54. The predicted molar refractivity (Wildman–Crippen MR) is 72.3 cm³/mol. The summed E-state index contributed by atoms with van der Waals surface area (Å²) in [6, 6.07) is 10.1. The van der Waals surface area contributed by atoms with E-state index in [2.05, 4.69) is 29.2 Å². The number of hydrogen-bond acceptors (Lipinski definition) is 2. The molecule has 1 unspecified atom stereocenters. The lowest BCUT2D eigenvalue weighted by atomic mass is 9.93. The molecule has 2 heteroatoms. The van der Waals surface area contributed by atoms with E-state index in [1.165, 1.54) is 43.4 Å². The molecule has 2 N–H and O–H groups in total. The molecule has 3 rings (SSSR count).